The van der Waals surface area contributed by atoms with E-state index in [0.29, 0.717) is 19.0 Å². The molecular weight excluding hydrogens is 266 g/mol. The van der Waals surface area contributed by atoms with E-state index in [2.05, 4.69) is 5.10 Å². The van der Waals surface area contributed by atoms with E-state index in [-0.39, 0.29) is 11.5 Å². The minimum Gasteiger partial charge on any atom is -0.394 e. The average molecular weight is 287 g/mol. The predicted octanol–water partition coefficient (Wildman–Crippen LogP) is 0.686. The summed E-state index contributed by atoms with van der Waals surface area (Å²) in [5.41, 5.74) is 0. The van der Waals surface area contributed by atoms with Gasteiger partial charge in [0.1, 0.15) is 4.90 Å². The molecule has 0 radical (unpaired) electrons. The first-order valence-corrected chi connectivity index (χ1v) is 8.07. The van der Waals surface area contributed by atoms with Gasteiger partial charge in [0.2, 0.25) is 10.0 Å². The molecule has 0 bridgehead atoms. The van der Waals surface area contributed by atoms with Crippen molar-refractivity contribution in [2.24, 2.45) is 5.92 Å². The standard InChI is InChI=1S/C12H21N3O3S/c1-14(9-11-4-2-3-5-11)19(17,18)12-8-13-15(10-12)6-7-16/h8,10-11,16H,2-7,9H2,1H3. The van der Waals surface area contributed by atoms with Gasteiger partial charge < -0.3 is 5.11 Å². The van der Waals surface area contributed by atoms with E-state index < -0.39 is 10.0 Å². The molecule has 0 spiro atoms. The third-order valence-electron chi connectivity index (χ3n) is 3.64. The van der Waals surface area contributed by atoms with Gasteiger partial charge in [0, 0.05) is 19.8 Å². The number of aromatic nitrogens is 2. The van der Waals surface area contributed by atoms with Crippen LogP contribution in [0.25, 0.3) is 0 Å². The SMILES string of the molecule is CN(CC1CCCC1)S(=O)(=O)c1cnn(CCO)c1. The van der Waals surface area contributed by atoms with E-state index in [9.17, 15) is 8.42 Å². The summed E-state index contributed by atoms with van der Waals surface area (Å²) in [6, 6.07) is 0. The largest absolute Gasteiger partial charge is 0.394 e. The topological polar surface area (TPSA) is 75.4 Å². The van der Waals surface area contributed by atoms with Crippen molar-refractivity contribution in [3.63, 3.8) is 0 Å². The second kappa shape index (κ2) is 6.02. The molecule has 1 saturated carbocycles. The number of hydrogen-bond acceptors (Lipinski definition) is 4. The van der Waals surface area contributed by atoms with E-state index >= 15 is 0 Å². The summed E-state index contributed by atoms with van der Waals surface area (Å²) in [4.78, 5) is 0.196. The monoisotopic (exact) mass is 287 g/mol. The molecule has 0 aromatic carbocycles. The molecule has 1 aliphatic rings. The lowest BCUT2D eigenvalue weighted by Crippen LogP contribution is -2.31. The van der Waals surface area contributed by atoms with Crippen LogP contribution in [-0.4, -0.2) is 47.8 Å². The lowest BCUT2D eigenvalue weighted by atomic mass is 10.1. The van der Waals surface area contributed by atoms with Gasteiger partial charge in [-0.15, -0.1) is 0 Å². The van der Waals surface area contributed by atoms with Crippen LogP contribution in [0.2, 0.25) is 0 Å². The van der Waals surface area contributed by atoms with Crippen molar-refractivity contribution < 1.29 is 13.5 Å². The number of aliphatic hydroxyl groups excluding tert-OH is 1. The molecule has 1 N–H and O–H groups in total. The smallest absolute Gasteiger partial charge is 0.245 e. The zero-order chi connectivity index (χ0) is 13.9. The maximum atomic E-state index is 12.3. The molecule has 0 unspecified atom stereocenters. The first kappa shape index (κ1) is 14.5. The van der Waals surface area contributed by atoms with Crippen LogP contribution in [0.5, 0.6) is 0 Å². The van der Waals surface area contributed by atoms with Crippen molar-refractivity contribution >= 4 is 10.0 Å². The van der Waals surface area contributed by atoms with Crippen LogP contribution in [0.3, 0.4) is 0 Å². The van der Waals surface area contributed by atoms with E-state index in [1.807, 2.05) is 0 Å². The van der Waals surface area contributed by atoms with Gasteiger partial charge >= 0.3 is 0 Å². The Balaban J connectivity index is 2.06. The van der Waals surface area contributed by atoms with Crippen molar-refractivity contribution in [3.05, 3.63) is 12.4 Å². The minimum absolute atomic E-state index is 0.0565. The van der Waals surface area contributed by atoms with Crippen LogP contribution < -0.4 is 0 Å². The number of aliphatic hydroxyl groups is 1. The molecule has 0 atom stereocenters. The molecule has 19 heavy (non-hydrogen) atoms. The Morgan fingerprint density at radius 1 is 1.47 bits per heavy atom. The van der Waals surface area contributed by atoms with Crippen LogP contribution in [0.4, 0.5) is 0 Å². The van der Waals surface area contributed by atoms with Crippen LogP contribution in [0.1, 0.15) is 25.7 Å². The van der Waals surface area contributed by atoms with Gasteiger partial charge in [-0.05, 0) is 18.8 Å². The summed E-state index contributed by atoms with van der Waals surface area (Å²) in [6.45, 7) is 0.828. The molecule has 1 heterocycles. The van der Waals surface area contributed by atoms with E-state index in [1.165, 1.54) is 34.2 Å². The predicted molar refractivity (Wildman–Crippen MR) is 71.1 cm³/mol. The maximum absolute atomic E-state index is 12.3. The molecule has 2 rings (SSSR count). The normalized spacial score (nSPS) is 17.4. The Hall–Kier alpha value is -0.920. The van der Waals surface area contributed by atoms with Gasteiger partial charge in [0.25, 0.3) is 0 Å². The van der Waals surface area contributed by atoms with Gasteiger partial charge in [0.05, 0.1) is 19.3 Å². The van der Waals surface area contributed by atoms with Gasteiger partial charge in [0.15, 0.2) is 0 Å². The average Bonchev–Trinajstić information content (AvgIpc) is 3.00. The molecule has 7 heteroatoms. The Kier molecular flexibility index (Phi) is 4.59. The fourth-order valence-corrected chi connectivity index (χ4v) is 3.74. The van der Waals surface area contributed by atoms with Crippen LogP contribution >= 0.6 is 0 Å². The molecule has 0 amide bonds. The molecule has 0 aliphatic heterocycles. The van der Waals surface area contributed by atoms with Gasteiger partial charge in [-0.25, -0.2) is 12.7 Å². The summed E-state index contributed by atoms with van der Waals surface area (Å²) >= 11 is 0. The van der Waals surface area contributed by atoms with E-state index in [4.69, 9.17) is 5.11 Å². The molecule has 6 nitrogen and oxygen atoms in total. The highest BCUT2D eigenvalue weighted by Gasteiger charge is 2.26. The second-order valence-electron chi connectivity index (χ2n) is 5.10. The molecule has 1 aromatic heterocycles. The van der Waals surface area contributed by atoms with Crippen LogP contribution in [0.15, 0.2) is 17.3 Å². The Morgan fingerprint density at radius 2 is 2.16 bits per heavy atom. The first-order valence-electron chi connectivity index (χ1n) is 6.63. The number of hydrogen-bond donors (Lipinski definition) is 1. The third kappa shape index (κ3) is 3.34. The molecule has 1 fully saturated rings. The Morgan fingerprint density at radius 3 is 2.79 bits per heavy atom. The van der Waals surface area contributed by atoms with E-state index in [1.54, 1.807) is 7.05 Å². The molecule has 108 valence electrons. The highest BCUT2D eigenvalue weighted by atomic mass is 32.2. The highest BCUT2D eigenvalue weighted by molar-refractivity contribution is 7.89. The van der Waals surface area contributed by atoms with Crippen molar-refractivity contribution in [1.29, 1.82) is 0 Å². The summed E-state index contributed by atoms with van der Waals surface area (Å²) in [5.74, 6) is 0.479. The lowest BCUT2D eigenvalue weighted by molar-refractivity contribution is 0.269. The fourth-order valence-electron chi connectivity index (χ4n) is 2.54. The van der Waals surface area contributed by atoms with E-state index in [0.717, 1.165) is 12.8 Å². The van der Waals surface area contributed by atoms with Crippen molar-refractivity contribution in [1.82, 2.24) is 14.1 Å². The summed E-state index contributed by atoms with van der Waals surface area (Å²) < 4.78 is 27.6. The number of sulfonamides is 1. The molecular formula is C12H21N3O3S. The second-order valence-corrected chi connectivity index (χ2v) is 7.14. The van der Waals surface area contributed by atoms with Gasteiger partial charge in [-0.1, -0.05) is 12.8 Å². The Bertz CT molecular complexity index is 506. The Labute approximate surface area is 114 Å². The molecule has 1 aromatic rings. The maximum Gasteiger partial charge on any atom is 0.245 e. The van der Waals surface area contributed by atoms with Gasteiger partial charge in [-0.3, -0.25) is 4.68 Å². The third-order valence-corrected chi connectivity index (χ3v) is 5.41. The number of rotatable bonds is 6. The first-order chi connectivity index (χ1) is 9.04. The van der Waals surface area contributed by atoms with Crippen molar-refractivity contribution in [2.75, 3.05) is 20.2 Å². The summed E-state index contributed by atoms with van der Waals surface area (Å²) in [7, 11) is -1.83. The zero-order valence-electron chi connectivity index (χ0n) is 11.2. The number of nitrogens with zero attached hydrogens (tertiary/aromatic N) is 3. The molecule has 1 aliphatic carbocycles. The van der Waals surface area contributed by atoms with Crippen LogP contribution in [0, 0.1) is 5.92 Å². The zero-order valence-corrected chi connectivity index (χ0v) is 12.0. The summed E-state index contributed by atoms with van der Waals surface area (Å²) in [5, 5.41) is 12.7. The summed E-state index contributed by atoms with van der Waals surface area (Å²) in [6.07, 6.45) is 7.44. The highest BCUT2D eigenvalue weighted by Crippen LogP contribution is 2.26. The molecule has 0 saturated heterocycles. The lowest BCUT2D eigenvalue weighted by Gasteiger charge is -2.19. The van der Waals surface area contributed by atoms with Crippen molar-refractivity contribution in [3.8, 4) is 0 Å². The van der Waals surface area contributed by atoms with Gasteiger partial charge in [-0.2, -0.15) is 5.10 Å². The quantitative estimate of drug-likeness (QED) is 0.835. The van der Waals surface area contributed by atoms with Crippen LogP contribution in [-0.2, 0) is 16.6 Å². The fraction of sp³-hybridized carbons (Fsp3) is 0.750. The minimum atomic E-state index is -3.46. The van der Waals surface area contributed by atoms with Crippen molar-refractivity contribution in [2.45, 2.75) is 37.1 Å².